The molecule has 7 heteroatoms. The molecule has 1 aliphatic carbocycles. The van der Waals surface area contributed by atoms with Crippen LogP contribution in [0.1, 0.15) is 31.4 Å². The van der Waals surface area contributed by atoms with Crippen LogP contribution in [-0.4, -0.2) is 52.8 Å². The molecule has 3 heterocycles. The summed E-state index contributed by atoms with van der Waals surface area (Å²) in [4.78, 5) is 13.6. The first-order chi connectivity index (χ1) is 12.4. The molecule has 2 aromatic heterocycles. The third-order valence-corrected chi connectivity index (χ3v) is 5.11. The van der Waals surface area contributed by atoms with Crippen molar-refractivity contribution in [3.8, 4) is 5.88 Å². The Morgan fingerprint density at radius 1 is 1.12 bits per heavy atom. The molecule has 2 aromatic rings. The smallest absolute Gasteiger partial charge is 0.234 e. The molecule has 2 aliphatic rings. The van der Waals surface area contributed by atoms with Crippen LogP contribution in [0.15, 0.2) is 29.2 Å². The van der Waals surface area contributed by atoms with Gasteiger partial charge < -0.3 is 14.2 Å². The molecule has 0 bridgehead atoms. The number of hydrogen-bond acceptors (Lipinski definition) is 7. The van der Waals surface area contributed by atoms with Gasteiger partial charge in [0.25, 0.3) is 0 Å². The Morgan fingerprint density at radius 3 is 2.72 bits per heavy atom. The van der Waals surface area contributed by atoms with Gasteiger partial charge in [-0.1, -0.05) is 18.0 Å². The predicted octanol–water partition coefficient (Wildman–Crippen LogP) is 2.36. The van der Waals surface area contributed by atoms with E-state index >= 15 is 0 Å². The maximum absolute atomic E-state index is 5.88. The van der Waals surface area contributed by atoms with Crippen molar-refractivity contribution in [2.24, 2.45) is 5.92 Å². The lowest BCUT2D eigenvalue weighted by molar-refractivity contribution is 0.237. The SMILES string of the molecule is c1cc(CN2CCN(c3cncc(OCC4CCCC4)n3)CC2)no1. The maximum Gasteiger partial charge on any atom is 0.234 e. The quantitative estimate of drug-likeness (QED) is 0.797. The van der Waals surface area contributed by atoms with Gasteiger partial charge in [-0.15, -0.1) is 0 Å². The van der Waals surface area contributed by atoms with Crippen molar-refractivity contribution < 1.29 is 9.26 Å². The third kappa shape index (κ3) is 4.28. The van der Waals surface area contributed by atoms with Crippen molar-refractivity contribution in [1.82, 2.24) is 20.0 Å². The van der Waals surface area contributed by atoms with Gasteiger partial charge in [0.2, 0.25) is 5.88 Å². The van der Waals surface area contributed by atoms with Gasteiger partial charge >= 0.3 is 0 Å². The first-order valence-corrected chi connectivity index (χ1v) is 9.18. The fourth-order valence-corrected chi connectivity index (χ4v) is 3.62. The normalized spacial score (nSPS) is 19.4. The molecular formula is C18H25N5O2. The Morgan fingerprint density at radius 2 is 1.96 bits per heavy atom. The number of piperazine rings is 1. The van der Waals surface area contributed by atoms with Crippen LogP contribution in [0.2, 0.25) is 0 Å². The van der Waals surface area contributed by atoms with Gasteiger partial charge in [0, 0.05) is 38.8 Å². The van der Waals surface area contributed by atoms with Gasteiger partial charge in [0.05, 0.1) is 24.7 Å². The second-order valence-corrected chi connectivity index (χ2v) is 6.93. The van der Waals surface area contributed by atoms with Crippen molar-refractivity contribution in [3.05, 3.63) is 30.4 Å². The summed E-state index contributed by atoms with van der Waals surface area (Å²) in [6, 6.07) is 1.92. The summed E-state index contributed by atoms with van der Waals surface area (Å²) in [5.74, 6) is 2.24. The first-order valence-electron chi connectivity index (χ1n) is 9.18. The molecule has 0 atom stereocenters. The Kier molecular flexibility index (Phi) is 5.11. The minimum absolute atomic E-state index is 0.648. The molecule has 1 saturated heterocycles. The number of anilines is 1. The number of rotatable bonds is 6. The third-order valence-electron chi connectivity index (χ3n) is 5.11. The van der Waals surface area contributed by atoms with Gasteiger partial charge in [0.15, 0.2) is 5.82 Å². The predicted molar refractivity (Wildman–Crippen MR) is 93.5 cm³/mol. The lowest BCUT2D eigenvalue weighted by Gasteiger charge is -2.34. The Bertz CT molecular complexity index is 649. The van der Waals surface area contributed by atoms with Crippen LogP contribution < -0.4 is 9.64 Å². The average molecular weight is 343 g/mol. The van der Waals surface area contributed by atoms with E-state index in [-0.39, 0.29) is 0 Å². The summed E-state index contributed by atoms with van der Waals surface area (Å²) < 4.78 is 10.8. The van der Waals surface area contributed by atoms with Gasteiger partial charge in [0.1, 0.15) is 6.26 Å². The summed E-state index contributed by atoms with van der Waals surface area (Å²) in [7, 11) is 0. The monoisotopic (exact) mass is 343 g/mol. The van der Waals surface area contributed by atoms with Gasteiger partial charge in [-0.3, -0.25) is 9.88 Å². The zero-order valence-electron chi connectivity index (χ0n) is 14.5. The van der Waals surface area contributed by atoms with E-state index < -0.39 is 0 Å². The molecule has 7 nitrogen and oxygen atoms in total. The van der Waals surface area contributed by atoms with Crippen molar-refractivity contribution in [1.29, 1.82) is 0 Å². The van der Waals surface area contributed by atoms with Crippen molar-refractivity contribution in [2.45, 2.75) is 32.2 Å². The van der Waals surface area contributed by atoms with E-state index in [0.29, 0.717) is 11.8 Å². The summed E-state index contributed by atoms with van der Waals surface area (Å²) in [5, 5.41) is 3.98. The largest absolute Gasteiger partial charge is 0.476 e. The second-order valence-electron chi connectivity index (χ2n) is 6.93. The molecular weight excluding hydrogens is 318 g/mol. The topological polar surface area (TPSA) is 67.5 Å². The molecule has 0 spiro atoms. The standard InChI is InChI=1S/C18H25N5O2/c1-2-4-15(3-1)14-24-18-12-19-11-17(20-18)23-8-6-22(7-9-23)13-16-5-10-25-21-16/h5,10-12,15H,1-4,6-9,13-14H2. The zero-order valence-corrected chi connectivity index (χ0v) is 14.5. The van der Waals surface area contributed by atoms with Crippen LogP contribution >= 0.6 is 0 Å². The van der Waals surface area contributed by atoms with Crippen LogP contribution in [0.4, 0.5) is 5.82 Å². The molecule has 0 unspecified atom stereocenters. The zero-order chi connectivity index (χ0) is 16.9. The molecule has 4 rings (SSSR count). The highest BCUT2D eigenvalue weighted by atomic mass is 16.5. The van der Waals surface area contributed by atoms with E-state index in [0.717, 1.165) is 50.8 Å². The van der Waals surface area contributed by atoms with E-state index in [1.54, 1.807) is 12.5 Å². The molecule has 0 radical (unpaired) electrons. The fourth-order valence-electron chi connectivity index (χ4n) is 3.62. The molecule has 0 aromatic carbocycles. The van der Waals surface area contributed by atoms with Gasteiger partial charge in [-0.05, 0) is 18.8 Å². The number of ether oxygens (including phenoxy) is 1. The molecule has 134 valence electrons. The van der Waals surface area contributed by atoms with Crippen LogP contribution in [0.3, 0.4) is 0 Å². The summed E-state index contributed by atoms with van der Waals surface area (Å²) in [6.07, 6.45) is 10.4. The second kappa shape index (κ2) is 7.82. The van der Waals surface area contributed by atoms with Crippen molar-refractivity contribution >= 4 is 5.82 Å². The molecule has 1 saturated carbocycles. The number of aromatic nitrogens is 3. The van der Waals surface area contributed by atoms with Gasteiger partial charge in [-0.25, -0.2) is 0 Å². The first kappa shape index (κ1) is 16.3. The van der Waals surface area contributed by atoms with E-state index in [1.807, 2.05) is 12.3 Å². The molecule has 2 fully saturated rings. The molecule has 25 heavy (non-hydrogen) atoms. The molecule has 0 N–H and O–H groups in total. The molecule has 1 aliphatic heterocycles. The summed E-state index contributed by atoms with van der Waals surface area (Å²) in [6.45, 7) is 5.41. The maximum atomic E-state index is 5.88. The average Bonchev–Trinajstić information content (AvgIpc) is 3.35. The summed E-state index contributed by atoms with van der Waals surface area (Å²) in [5.41, 5.74) is 0.982. The minimum Gasteiger partial charge on any atom is -0.476 e. The van der Waals surface area contributed by atoms with Crippen LogP contribution in [0.25, 0.3) is 0 Å². The summed E-state index contributed by atoms with van der Waals surface area (Å²) >= 11 is 0. The van der Waals surface area contributed by atoms with E-state index in [2.05, 4.69) is 24.9 Å². The highest BCUT2D eigenvalue weighted by Crippen LogP contribution is 2.25. The fraction of sp³-hybridized carbons (Fsp3) is 0.611. The highest BCUT2D eigenvalue weighted by Gasteiger charge is 2.20. The lowest BCUT2D eigenvalue weighted by atomic mass is 10.1. The van der Waals surface area contributed by atoms with E-state index in [1.165, 1.54) is 25.7 Å². The molecule has 0 amide bonds. The number of hydrogen-bond donors (Lipinski definition) is 0. The minimum atomic E-state index is 0.648. The van der Waals surface area contributed by atoms with Gasteiger partial charge in [-0.2, -0.15) is 4.98 Å². The highest BCUT2D eigenvalue weighted by molar-refractivity contribution is 5.38. The van der Waals surface area contributed by atoms with Crippen molar-refractivity contribution in [2.75, 3.05) is 37.7 Å². The van der Waals surface area contributed by atoms with Crippen LogP contribution in [0, 0.1) is 5.92 Å². The Labute approximate surface area is 148 Å². The Hall–Kier alpha value is -2.15. The lowest BCUT2D eigenvalue weighted by Crippen LogP contribution is -2.46. The van der Waals surface area contributed by atoms with E-state index in [9.17, 15) is 0 Å². The Balaban J connectivity index is 1.29. The van der Waals surface area contributed by atoms with Crippen LogP contribution in [0.5, 0.6) is 5.88 Å². The number of nitrogens with zero attached hydrogens (tertiary/aromatic N) is 5. The van der Waals surface area contributed by atoms with Crippen molar-refractivity contribution in [3.63, 3.8) is 0 Å². The van der Waals surface area contributed by atoms with E-state index in [4.69, 9.17) is 9.26 Å². The van der Waals surface area contributed by atoms with Crippen LogP contribution in [-0.2, 0) is 6.54 Å².